The number of rotatable bonds is 48. The second-order valence-electron chi connectivity index (χ2n) is 18.3. The first-order valence-corrected chi connectivity index (χ1v) is 26.7. The lowest BCUT2D eigenvalue weighted by Crippen LogP contribution is -2.46. The lowest BCUT2D eigenvalue weighted by Gasteiger charge is -2.24. The quantitative estimate of drug-likeness (QED) is 0.0245. The molecule has 6 heteroatoms. The van der Waals surface area contributed by atoms with E-state index >= 15 is 0 Å². The van der Waals surface area contributed by atoms with Crippen LogP contribution in [0, 0.1) is 0 Å². The smallest absolute Gasteiger partial charge is 0.306 e. The molecule has 0 saturated heterocycles. The number of aliphatic hydroxyl groups excluding tert-OH is 2. The highest BCUT2D eigenvalue weighted by Gasteiger charge is 2.24. The molecule has 3 atom stereocenters. The Labute approximate surface area is 379 Å². The van der Waals surface area contributed by atoms with Gasteiger partial charge in [0.05, 0.1) is 25.2 Å². The van der Waals surface area contributed by atoms with Gasteiger partial charge in [0.15, 0.2) is 0 Å². The maximum absolute atomic E-state index is 13.2. The summed E-state index contributed by atoms with van der Waals surface area (Å²) in [6, 6.07) is -0.709. The first-order chi connectivity index (χ1) is 30.0. The van der Waals surface area contributed by atoms with E-state index in [1.165, 1.54) is 154 Å². The molecule has 0 heterocycles. The van der Waals surface area contributed by atoms with Crippen LogP contribution < -0.4 is 5.32 Å². The summed E-state index contributed by atoms with van der Waals surface area (Å²) in [6.07, 6.45) is 57.7. The SMILES string of the molecule is CCCCC/C=C\CCCCCCCC(=O)OC(CCCCC/C=C/C=C/CCCCCCCCC)CC(=O)NC(CO)C(O)CCCCCCCCCCCCCCCC. The lowest BCUT2D eigenvalue weighted by atomic mass is 10.0. The number of hydrogen-bond donors (Lipinski definition) is 3. The standard InChI is InChI=1S/C55H103NO5/c1-4-7-10-13-16-19-22-25-27-28-29-31-34-37-40-43-46-51(61-55(60)48-45-42-39-36-33-24-21-18-15-12-9-6-3)49-54(59)56-52(50-57)53(58)47-44-41-38-35-32-30-26-23-20-17-14-11-8-5-2/h18,21,27-29,31,51-53,57-58H,4-17,19-20,22-26,30,32-50H2,1-3H3,(H,56,59)/b21-18-,28-27+,31-29+. The summed E-state index contributed by atoms with van der Waals surface area (Å²) >= 11 is 0. The van der Waals surface area contributed by atoms with Gasteiger partial charge in [0.2, 0.25) is 5.91 Å². The fourth-order valence-electron chi connectivity index (χ4n) is 8.12. The lowest BCUT2D eigenvalue weighted by molar-refractivity contribution is -0.151. The number of unbranched alkanes of at least 4 members (excludes halogenated alkanes) is 31. The Bertz CT molecular complexity index is 1010. The number of esters is 1. The second kappa shape index (κ2) is 49.1. The van der Waals surface area contributed by atoms with E-state index in [9.17, 15) is 19.8 Å². The Morgan fingerprint density at radius 3 is 1.31 bits per heavy atom. The number of aliphatic hydroxyl groups is 2. The molecule has 0 aromatic rings. The van der Waals surface area contributed by atoms with Crippen molar-refractivity contribution in [3.63, 3.8) is 0 Å². The molecule has 3 unspecified atom stereocenters. The molecule has 0 fully saturated rings. The highest BCUT2D eigenvalue weighted by atomic mass is 16.5. The molecule has 0 spiro atoms. The van der Waals surface area contributed by atoms with Gasteiger partial charge in [-0.3, -0.25) is 9.59 Å². The van der Waals surface area contributed by atoms with Crippen molar-refractivity contribution >= 4 is 11.9 Å². The Balaban J connectivity index is 4.61. The molecule has 0 aromatic carbocycles. The van der Waals surface area contributed by atoms with Gasteiger partial charge in [-0.15, -0.1) is 0 Å². The van der Waals surface area contributed by atoms with Crippen LogP contribution in [0.2, 0.25) is 0 Å². The number of ether oxygens (including phenoxy) is 1. The average molecular weight is 858 g/mol. The van der Waals surface area contributed by atoms with E-state index in [4.69, 9.17) is 4.74 Å². The van der Waals surface area contributed by atoms with E-state index in [2.05, 4.69) is 62.5 Å². The van der Waals surface area contributed by atoms with Gasteiger partial charge in [0.1, 0.15) is 6.10 Å². The van der Waals surface area contributed by atoms with Gasteiger partial charge in [-0.2, -0.15) is 0 Å². The van der Waals surface area contributed by atoms with Crippen LogP contribution in [0.3, 0.4) is 0 Å². The molecule has 0 aromatic heterocycles. The fourth-order valence-corrected chi connectivity index (χ4v) is 8.12. The summed E-state index contributed by atoms with van der Waals surface area (Å²) in [7, 11) is 0. The number of carbonyl (C=O) groups excluding carboxylic acids is 2. The van der Waals surface area contributed by atoms with Crippen molar-refractivity contribution in [1.29, 1.82) is 0 Å². The number of carbonyl (C=O) groups is 2. The van der Waals surface area contributed by atoms with E-state index in [0.29, 0.717) is 19.3 Å². The topological polar surface area (TPSA) is 95.9 Å². The number of amides is 1. The average Bonchev–Trinajstić information content (AvgIpc) is 3.25. The van der Waals surface area contributed by atoms with Gasteiger partial charge in [0, 0.05) is 6.42 Å². The summed E-state index contributed by atoms with van der Waals surface area (Å²) in [5.74, 6) is -0.502. The van der Waals surface area contributed by atoms with Gasteiger partial charge < -0.3 is 20.3 Å². The Morgan fingerprint density at radius 2 is 0.836 bits per heavy atom. The van der Waals surface area contributed by atoms with E-state index < -0.39 is 18.2 Å². The van der Waals surface area contributed by atoms with Gasteiger partial charge >= 0.3 is 5.97 Å². The molecule has 0 rings (SSSR count). The van der Waals surface area contributed by atoms with Crippen molar-refractivity contribution in [3.05, 3.63) is 36.5 Å². The predicted molar refractivity (Wildman–Crippen MR) is 264 cm³/mol. The van der Waals surface area contributed by atoms with Gasteiger partial charge in [0.25, 0.3) is 0 Å². The molecule has 1 amide bonds. The van der Waals surface area contributed by atoms with E-state index in [-0.39, 0.29) is 24.9 Å². The summed E-state index contributed by atoms with van der Waals surface area (Å²) in [5, 5.41) is 23.8. The summed E-state index contributed by atoms with van der Waals surface area (Å²) < 4.78 is 5.92. The molecule has 0 saturated carbocycles. The second-order valence-corrected chi connectivity index (χ2v) is 18.3. The van der Waals surface area contributed by atoms with E-state index in [0.717, 1.165) is 77.0 Å². The van der Waals surface area contributed by atoms with Crippen LogP contribution in [0.5, 0.6) is 0 Å². The third-order valence-electron chi connectivity index (χ3n) is 12.2. The molecule has 0 bridgehead atoms. The third-order valence-corrected chi connectivity index (χ3v) is 12.2. The molecule has 0 aliphatic heterocycles. The Hall–Kier alpha value is -1.92. The van der Waals surface area contributed by atoms with Crippen molar-refractivity contribution in [3.8, 4) is 0 Å². The first-order valence-electron chi connectivity index (χ1n) is 26.7. The normalized spacial score (nSPS) is 13.5. The van der Waals surface area contributed by atoms with Crippen LogP contribution in [0.1, 0.15) is 278 Å². The van der Waals surface area contributed by atoms with Crippen molar-refractivity contribution < 1.29 is 24.5 Å². The third kappa shape index (κ3) is 44.5. The Morgan fingerprint density at radius 1 is 0.475 bits per heavy atom. The minimum absolute atomic E-state index is 0.0587. The van der Waals surface area contributed by atoms with Gasteiger partial charge in [-0.05, 0) is 77.0 Å². The van der Waals surface area contributed by atoms with Crippen molar-refractivity contribution in [2.24, 2.45) is 0 Å². The van der Waals surface area contributed by atoms with Crippen LogP contribution in [0.15, 0.2) is 36.5 Å². The van der Waals surface area contributed by atoms with E-state index in [1.807, 2.05) is 0 Å². The maximum atomic E-state index is 13.2. The van der Waals surface area contributed by atoms with Gasteiger partial charge in [-0.25, -0.2) is 0 Å². The van der Waals surface area contributed by atoms with Crippen LogP contribution in [-0.2, 0) is 14.3 Å². The van der Waals surface area contributed by atoms with Gasteiger partial charge in [-0.1, -0.05) is 224 Å². The predicted octanol–water partition coefficient (Wildman–Crippen LogP) is 16.1. The molecule has 358 valence electrons. The van der Waals surface area contributed by atoms with Crippen LogP contribution in [0.25, 0.3) is 0 Å². The minimum atomic E-state index is -0.794. The van der Waals surface area contributed by atoms with Crippen LogP contribution in [-0.4, -0.2) is 46.9 Å². The zero-order valence-electron chi connectivity index (χ0n) is 40.8. The fraction of sp³-hybridized carbons (Fsp3) is 0.855. The molecule has 0 aliphatic rings. The molecular weight excluding hydrogens is 755 g/mol. The molecule has 0 radical (unpaired) electrons. The van der Waals surface area contributed by atoms with Crippen molar-refractivity contribution in [2.45, 2.75) is 296 Å². The highest BCUT2D eigenvalue weighted by Crippen LogP contribution is 2.18. The summed E-state index contributed by atoms with van der Waals surface area (Å²) in [5.41, 5.74) is 0. The number of hydrogen-bond acceptors (Lipinski definition) is 5. The van der Waals surface area contributed by atoms with Crippen molar-refractivity contribution in [2.75, 3.05) is 6.61 Å². The molecule has 3 N–H and O–H groups in total. The summed E-state index contributed by atoms with van der Waals surface area (Å²) in [4.78, 5) is 26.1. The summed E-state index contributed by atoms with van der Waals surface area (Å²) in [6.45, 7) is 6.46. The van der Waals surface area contributed by atoms with Crippen LogP contribution in [0.4, 0.5) is 0 Å². The molecule has 0 aliphatic carbocycles. The maximum Gasteiger partial charge on any atom is 0.306 e. The first kappa shape index (κ1) is 59.1. The zero-order valence-corrected chi connectivity index (χ0v) is 40.8. The number of allylic oxidation sites excluding steroid dienone is 6. The van der Waals surface area contributed by atoms with E-state index in [1.54, 1.807) is 0 Å². The van der Waals surface area contributed by atoms with Crippen LogP contribution >= 0.6 is 0 Å². The monoisotopic (exact) mass is 858 g/mol. The molecule has 6 nitrogen and oxygen atoms in total. The highest BCUT2D eigenvalue weighted by molar-refractivity contribution is 5.77. The minimum Gasteiger partial charge on any atom is -0.462 e. The molecular formula is C55H103NO5. The largest absolute Gasteiger partial charge is 0.462 e. The van der Waals surface area contributed by atoms with Crippen molar-refractivity contribution in [1.82, 2.24) is 5.32 Å². The zero-order chi connectivity index (χ0) is 44.5. The Kier molecular flexibility index (Phi) is 47.6. The number of nitrogens with one attached hydrogen (secondary N) is 1. The molecule has 61 heavy (non-hydrogen) atoms.